The van der Waals surface area contributed by atoms with E-state index in [1.807, 2.05) is 11.8 Å². The van der Waals surface area contributed by atoms with E-state index in [2.05, 4.69) is 6.92 Å². The van der Waals surface area contributed by atoms with Crippen molar-refractivity contribution in [3.63, 3.8) is 0 Å². The summed E-state index contributed by atoms with van der Waals surface area (Å²) >= 11 is 0. The van der Waals surface area contributed by atoms with Gasteiger partial charge in [-0.05, 0) is 38.1 Å². The molecule has 2 saturated heterocycles. The van der Waals surface area contributed by atoms with Crippen LogP contribution >= 0.6 is 0 Å². The lowest BCUT2D eigenvalue weighted by Gasteiger charge is -2.39. The van der Waals surface area contributed by atoms with Gasteiger partial charge in [0, 0.05) is 13.1 Å². The van der Waals surface area contributed by atoms with Gasteiger partial charge in [-0.2, -0.15) is 0 Å². The molecule has 0 radical (unpaired) electrons. The van der Waals surface area contributed by atoms with Gasteiger partial charge in [-0.3, -0.25) is 4.79 Å². The Morgan fingerprint density at radius 3 is 2.59 bits per heavy atom. The Bertz CT molecular complexity index is 285. The highest BCUT2D eigenvalue weighted by molar-refractivity contribution is 5.79. The van der Waals surface area contributed by atoms with Crippen LogP contribution in [0.3, 0.4) is 0 Å². The molecule has 2 aliphatic rings. The van der Waals surface area contributed by atoms with Crippen LogP contribution in [0.2, 0.25) is 0 Å². The number of ether oxygens (including phenoxy) is 1. The minimum absolute atomic E-state index is 0.0900. The van der Waals surface area contributed by atoms with Gasteiger partial charge in [0.1, 0.15) is 0 Å². The number of carbonyl (C=O) groups is 1. The molecule has 0 spiro atoms. The summed E-state index contributed by atoms with van der Waals surface area (Å²) in [6.07, 6.45) is 3.17. The fraction of sp³-hybridized carbons (Fsp3) is 0.923. The molecule has 0 saturated carbocycles. The van der Waals surface area contributed by atoms with Crippen LogP contribution in [0.1, 0.15) is 33.1 Å². The highest BCUT2D eigenvalue weighted by Gasteiger charge is 2.35. The summed E-state index contributed by atoms with van der Waals surface area (Å²) in [5.74, 6) is 0.376. The molecule has 2 unspecified atom stereocenters. The van der Waals surface area contributed by atoms with Gasteiger partial charge in [-0.1, -0.05) is 6.92 Å². The lowest BCUT2D eigenvalue weighted by Crippen LogP contribution is -2.46. The molecule has 2 aliphatic heterocycles. The summed E-state index contributed by atoms with van der Waals surface area (Å²) in [5.41, 5.74) is 6.01. The second kappa shape index (κ2) is 4.94. The molecule has 0 bridgehead atoms. The summed E-state index contributed by atoms with van der Waals surface area (Å²) in [5, 5.41) is 0. The number of nitrogens with two attached hydrogens (primary N) is 1. The molecule has 0 aromatic carbocycles. The maximum absolute atomic E-state index is 12.3. The molecule has 98 valence electrons. The number of likely N-dealkylation sites (tertiary alicyclic amines) is 1. The summed E-state index contributed by atoms with van der Waals surface area (Å²) in [6.45, 7) is 7.29. The third-order valence-corrected chi connectivity index (χ3v) is 4.32. The topological polar surface area (TPSA) is 55.6 Å². The van der Waals surface area contributed by atoms with Crippen molar-refractivity contribution in [2.45, 2.75) is 39.2 Å². The van der Waals surface area contributed by atoms with Gasteiger partial charge in [0.2, 0.25) is 5.91 Å². The van der Waals surface area contributed by atoms with Crippen molar-refractivity contribution in [1.29, 1.82) is 0 Å². The van der Waals surface area contributed by atoms with Crippen molar-refractivity contribution >= 4 is 5.91 Å². The van der Waals surface area contributed by atoms with Crippen LogP contribution in [0, 0.1) is 11.3 Å². The monoisotopic (exact) mass is 240 g/mol. The zero-order valence-electron chi connectivity index (χ0n) is 10.9. The van der Waals surface area contributed by atoms with Crippen molar-refractivity contribution < 1.29 is 9.53 Å². The van der Waals surface area contributed by atoms with Crippen LogP contribution in [0.5, 0.6) is 0 Å². The minimum Gasteiger partial charge on any atom is -0.378 e. The molecule has 2 atom stereocenters. The second-order valence-corrected chi connectivity index (χ2v) is 5.92. The molecule has 0 aliphatic carbocycles. The van der Waals surface area contributed by atoms with Crippen molar-refractivity contribution in [3.8, 4) is 0 Å². The minimum atomic E-state index is 0.0900. The van der Waals surface area contributed by atoms with Gasteiger partial charge in [0.25, 0.3) is 0 Å². The first-order chi connectivity index (χ1) is 8.04. The molecule has 17 heavy (non-hydrogen) atoms. The number of hydrogen-bond acceptors (Lipinski definition) is 3. The maximum Gasteiger partial charge on any atom is 0.228 e. The van der Waals surface area contributed by atoms with Crippen LogP contribution in [0.15, 0.2) is 0 Å². The van der Waals surface area contributed by atoms with E-state index in [0.29, 0.717) is 6.61 Å². The van der Waals surface area contributed by atoms with Crippen molar-refractivity contribution in [1.82, 2.24) is 4.90 Å². The van der Waals surface area contributed by atoms with Crippen molar-refractivity contribution in [2.75, 3.05) is 26.2 Å². The number of piperidine rings is 1. The second-order valence-electron chi connectivity index (χ2n) is 5.92. The van der Waals surface area contributed by atoms with E-state index in [0.717, 1.165) is 38.9 Å². The van der Waals surface area contributed by atoms with Crippen molar-refractivity contribution in [3.05, 3.63) is 0 Å². The molecule has 4 heteroatoms. The Morgan fingerprint density at radius 2 is 2.12 bits per heavy atom. The smallest absolute Gasteiger partial charge is 0.228 e. The first-order valence-corrected chi connectivity index (χ1v) is 6.64. The standard InChI is InChI=1S/C13H24N2O2/c1-10-7-11(8-17-10)12(16)15-5-3-13(2,9-14)4-6-15/h10-11H,3-9,14H2,1-2H3. The van der Waals surface area contributed by atoms with Crippen LogP contribution < -0.4 is 5.73 Å². The predicted molar refractivity (Wildman–Crippen MR) is 66.5 cm³/mol. The molecular weight excluding hydrogens is 216 g/mol. The van der Waals surface area contributed by atoms with Crippen LogP contribution in [-0.4, -0.2) is 43.2 Å². The fourth-order valence-electron chi connectivity index (χ4n) is 2.72. The lowest BCUT2D eigenvalue weighted by molar-refractivity contribution is -0.137. The maximum atomic E-state index is 12.3. The Hall–Kier alpha value is -0.610. The van der Waals surface area contributed by atoms with Crippen LogP contribution in [-0.2, 0) is 9.53 Å². The Morgan fingerprint density at radius 1 is 1.47 bits per heavy atom. The van der Waals surface area contributed by atoms with Gasteiger partial charge in [-0.25, -0.2) is 0 Å². The average molecular weight is 240 g/mol. The quantitative estimate of drug-likeness (QED) is 0.783. The first kappa shape index (κ1) is 12.8. The van der Waals surface area contributed by atoms with Gasteiger partial charge < -0.3 is 15.4 Å². The number of nitrogens with zero attached hydrogens (tertiary/aromatic N) is 1. The average Bonchev–Trinajstić information content (AvgIpc) is 2.76. The van der Waals surface area contributed by atoms with E-state index in [-0.39, 0.29) is 23.3 Å². The zero-order chi connectivity index (χ0) is 12.5. The number of rotatable bonds is 2. The molecule has 1 amide bonds. The van der Waals surface area contributed by atoms with E-state index in [1.165, 1.54) is 0 Å². The first-order valence-electron chi connectivity index (χ1n) is 6.64. The summed E-state index contributed by atoms with van der Waals surface area (Å²) in [7, 11) is 0. The van der Waals surface area contributed by atoms with Crippen LogP contribution in [0.25, 0.3) is 0 Å². The Balaban J connectivity index is 1.86. The van der Waals surface area contributed by atoms with E-state index in [1.54, 1.807) is 0 Å². The molecule has 0 aromatic heterocycles. The number of amides is 1. The van der Waals surface area contributed by atoms with Crippen LogP contribution in [0.4, 0.5) is 0 Å². The third-order valence-electron chi connectivity index (χ3n) is 4.32. The number of hydrogen-bond donors (Lipinski definition) is 1. The van der Waals surface area contributed by atoms with E-state index < -0.39 is 0 Å². The SMILES string of the molecule is CC1CC(C(=O)N2CCC(C)(CN)CC2)CO1. The van der Waals surface area contributed by atoms with Gasteiger partial charge in [0.15, 0.2) is 0 Å². The molecule has 2 fully saturated rings. The highest BCUT2D eigenvalue weighted by atomic mass is 16.5. The molecule has 2 rings (SSSR count). The normalized spacial score (nSPS) is 32.8. The lowest BCUT2D eigenvalue weighted by atomic mass is 9.80. The fourth-order valence-corrected chi connectivity index (χ4v) is 2.72. The zero-order valence-corrected chi connectivity index (χ0v) is 10.9. The van der Waals surface area contributed by atoms with Crippen molar-refractivity contribution in [2.24, 2.45) is 17.1 Å². The third kappa shape index (κ3) is 2.80. The van der Waals surface area contributed by atoms with Gasteiger partial charge in [-0.15, -0.1) is 0 Å². The Kier molecular flexibility index (Phi) is 3.73. The molecule has 2 heterocycles. The predicted octanol–water partition coefficient (Wildman–Crippen LogP) is 0.999. The molecular formula is C13H24N2O2. The Labute approximate surface area is 103 Å². The summed E-state index contributed by atoms with van der Waals surface area (Å²) < 4.78 is 5.47. The largest absolute Gasteiger partial charge is 0.378 e. The molecule has 4 nitrogen and oxygen atoms in total. The van der Waals surface area contributed by atoms with E-state index in [4.69, 9.17) is 10.5 Å². The number of carbonyl (C=O) groups excluding carboxylic acids is 1. The van der Waals surface area contributed by atoms with E-state index >= 15 is 0 Å². The molecule has 0 aromatic rings. The van der Waals surface area contributed by atoms with Gasteiger partial charge in [0.05, 0.1) is 18.6 Å². The van der Waals surface area contributed by atoms with Gasteiger partial charge >= 0.3 is 0 Å². The summed E-state index contributed by atoms with van der Waals surface area (Å²) in [4.78, 5) is 14.3. The summed E-state index contributed by atoms with van der Waals surface area (Å²) in [6, 6.07) is 0. The molecule has 2 N–H and O–H groups in total. The van der Waals surface area contributed by atoms with E-state index in [9.17, 15) is 4.79 Å². The highest BCUT2D eigenvalue weighted by Crippen LogP contribution is 2.31.